The van der Waals surface area contributed by atoms with Crippen molar-refractivity contribution >= 4 is 17.5 Å². The zero-order chi connectivity index (χ0) is 14.5. The highest BCUT2D eigenvalue weighted by Gasteiger charge is 2.21. The molecule has 0 aliphatic rings. The molecule has 0 spiro atoms. The summed E-state index contributed by atoms with van der Waals surface area (Å²) in [7, 11) is 0. The lowest BCUT2D eigenvalue weighted by Crippen LogP contribution is -2.49. The summed E-state index contributed by atoms with van der Waals surface area (Å²) in [4.78, 5) is 11.8. The largest absolute Gasteiger partial charge is 0.354 e. The van der Waals surface area contributed by atoms with Gasteiger partial charge in [0.1, 0.15) is 5.82 Å². The molecule has 0 aromatic heterocycles. The van der Waals surface area contributed by atoms with Crippen LogP contribution in [0.5, 0.6) is 0 Å². The minimum Gasteiger partial charge on any atom is -0.354 e. The van der Waals surface area contributed by atoms with Crippen molar-refractivity contribution in [2.24, 2.45) is 5.73 Å². The molecule has 0 bridgehead atoms. The van der Waals surface area contributed by atoms with E-state index in [1.54, 1.807) is 6.07 Å². The second-order valence-electron chi connectivity index (χ2n) is 4.72. The fourth-order valence-electron chi connectivity index (χ4n) is 1.70. The molecule has 0 unspecified atom stereocenters. The van der Waals surface area contributed by atoms with Crippen molar-refractivity contribution in [3.8, 4) is 0 Å². The molecule has 0 heterocycles. The van der Waals surface area contributed by atoms with Crippen LogP contribution in [0, 0.1) is 5.82 Å². The Labute approximate surface area is 118 Å². The number of hydrogen-bond donors (Lipinski definition) is 2. The van der Waals surface area contributed by atoms with Gasteiger partial charge in [0.25, 0.3) is 0 Å². The van der Waals surface area contributed by atoms with Crippen molar-refractivity contribution in [3.63, 3.8) is 0 Å². The average Bonchev–Trinajstić information content (AvgIpc) is 2.40. The van der Waals surface area contributed by atoms with Crippen LogP contribution in [0.4, 0.5) is 4.39 Å². The molecule has 0 atom stereocenters. The Kier molecular flexibility index (Phi) is 5.76. The van der Waals surface area contributed by atoms with Crippen molar-refractivity contribution in [2.75, 3.05) is 6.54 Å². The van der Waals surface area contributed by atoms with Gasteiger partial charge in [-0.3, -0.25) is 4.79 Å². The van der Waals surface area contributed by atoms with Crippen molar-refractivity contribution in [2.45, 2.75) is 38.6 Å². The first kappa shape index (κ1) is 15.9. The van der Waals surface area contributed by atoms with Gasteiger partial charge in [-0.25, -0.2) is 4.39 Å². The molecule has 3 nitrogen and oxygen atoms in total. The van der Waals surface area contributed by atoms with E-state index in [1.807, 2.05) is 13.8 Å². The van der Waals surface area contributed by atoms with E-state index in [2.05, 4.69) is 5.32 Å². The summed E-state index contributed by atoms with van der Waals surface area (Å²) in [6.45, 7) is 4.33. The molecule has 1 amide bonds. The first-order chi connectivity index (χ1) is 8.91. The molecule has 3 N–H and O–H groups in total. The molecule has 106 valence electrons. The van der Waals surface area contributed by atoms with Gasteiger partial charge in [-0.05, 0) is 25.0 Å². The number of halogens is 2. The summed E-state index contributed by atoms with van der Waals surface area (Å²) in [6, 6.07) is 4.37. The van der Waals surface area contributed by atoms with E-state index >= 15 is 0 Å². The van der Waals surface area contributed by atoms with E-state index in [9.17, 15) is 9.18 Å². The van der Waals surface area contributed by atoms with Crippen molar-refractivity contribution < 1.29 is 9.18 Å². The molecule has 0 radical (unpaired) electrons. The molecule has 1 rings (SSSR count). The maximum absolute atomic E-state index is 13.5. The van der Waals surface area contributed by atoms with Gasteiger partial charge in [0.2, 0.25) is 5.91 Å². The standard InChI is InChI=1S/C14H20ClFN2O/c1-3-14(17,4-2)9-18-13(19)8-10-11(15)6-5-7-12(10)16/h5-7H,3-4,8-9,17H2,1-2H3,(H,18,19). The highest BCUT2D eigenvalue weighted by molar-refractivity contribution is 6.31. The monoisotopic (exact) mass is 286 g/mol. The molecule has 0 fully saturated rings. The molecule has 0 aliphatic heterocycles. The molecule has 5 heteroatoms. The zero-order valence-corrected chi connectivity index (χ0v) is 12.1. The number of amides is 1. The number of carbonyl (C=O) groups is 1. The van der Waals surface area contributed by atoms with Crippen LogP contribution >= 0.6 is 11.6 Å². The first-order valence-electron chi connectivity index (χ1n) is 6.40. The Bertz CT molecular complexity index is 427. The second kappa shape index (κ2) is 6.87. The highest BCUT2D eigenvalue weighted by atomic mass is 35.5. The van der Waals surface area contributed by atoms with Crippen molar-refractivity contribution in [3.05, 3.63) is 34.6 Å². The van der Waals surface area contributed by atoms with Crippen molar-refractivity contribution in [1.29, 1.82) is 0 Å². The normalized spacial score (nSPS) is 11.4. The SMILES string of the molecule is CCC(N)(CC)CNC(=O)Cc1c(F)cccc1Cl. The van der Waals surface area contributed by atoms with Gasteiger partial charge in [0.15, 0.2) is 0 Å². The maximum Gasteiger partial charge on any atom is 0.224 e. The van der Waals surface area contributed by atoms with Gasteiger partial charge >= 0.3 is 0 Å². The van der Waals surface area contributed by atoms with Gasteiger partial charge in [-0.15, -0.1) is 0 Å². The van der Waals surface area contributed by atoms with Crippen LogP contribution < -0.4 is 11.1 Å². The Balaban J connectivity index is 2.61. The third-order valence-corrected chi connectivity index (χ3v) is 3.80. The van der Waals surface area contributed by atoms with Crippen LogP contribution in [0.25, 0.3) is 0 Å². The van der Waals surface area contributed by atoms with E-state index in [4.69, 9.17) is 17.3 Å². The maximum atomic E-state index is 13.5. The van der Waals surface area contributed by atoms with Gasteiger partial charge in [0.05, 0.1) is 6.42 Å². The second-order valence-corrected chi connectivity index (χ2v) is 5.13. The van der Waals surface area contributed by atoms with Crippen LogP contribution in [-0.2, 0) is 11.2 Å². The number of benzene rings is 1. The number of hydrogen-bond acceptors (Lipinski definition) is 2. The third-order valence-electron chi connectivity index (χ3n) is 3.44. The summed E-state index contributed by atoms with van der Waals surface area (Å²) >= 11 is 5.87. The van der Waals surface area contributed by atoms with E-state index in [0.29, 0.717) is 6.54 Å². The third kappa shape index (κ3) is 4.48. The molecule has 0 saturated heterocycles. The Morgan fingerprint density at radius 2 is 2.05 bits per heavy atom. The van der Waals surface area contributed by atoms with E-state index in [-0.39, 0.29) is 22.9 Å². The summed E-state index contributed by atoms with van der Waals surface area (Å²) in [5.74, 6) is -0.739. The summed E-state index contributed by atoms with van der Waals surface area (Å²) in [5, 5.41) is 3.00. The lowest BCUT2D eigenvalue weighted by Gasteiger charge is -2.26. The van der Waals surface area contributed by atoms with Crippen LogP contribution in [0.1, 0.15) is 32.3 Å². The first-order valence-corrected chi connectivity index (χ1v) is 6.78. The van der Waals surface area contributed by atoms with E-state index < -0.39 is 11.4 Å². The van der Waals surface area contributed by atoms with Crippen LogP contribution in [0.15, 0.2) is 18.2 Å². The Morgan fingerprint density at radius 3 is 2.58 bits per heavy atom. The van der Waals surface area contributed by atoms with Gasteiger partial charge in [-0.2, -0.15) is 0 Å². The predicted octanol–water partition coefficient (Wildman–Crippen LogP) is 2.66. The Hall–Kier alpha value is -1.13. The molecule has 19 heavy (non-hydrogen) atoms. The number of rotatable bonds is 6. The summed E-state index contributed by atoms with van der Waals surface area (Å²) < 4.78 is 13.5. The van der Waals surface area contributed by atoms with Crippen molar-refractivity contribution in [1.82, 2.24) is 5.32 Å². The minimum absolute atomic E-state index is 0.0744. The van der Waals surface area contributed by atoms with Crippen LogP contribution in [-0.4, -0.2) is 18.0 Å². The lowest BCUT2D eigenvalue weighted by atomic mass is 9.94. The van der Waals surface area contributed by atoms with Crippen LogP contribution in [0.2, 0.25) is 5.02 Å². The number of nitrogens with two attached hydrogens (primary N) is 1. The van der Waals surface area contributed by atoms with E-state index in [0.717, 1.165) is 12.8 Å². The Morgan fingerprint density at radius 1 is 1.42 bits per heavy atom. The summed E-state index contributed by atoms with van der Waals surface area (Å²) in [5.41, 5.74) is 5.89. The molecular formula is C14H20ClFN2O. The minimum atomic E-state index is -0.465. The fourth-order valence-corrected chi connectivity index (χ4v) is 1.93. The lowest BCUT2D eigenvalue weighted by molar-refractivity contribution is -0.120. The highest BCUT2D eigenvalue weighted by Crippen LogP contribution is 2.19. The van der Waals surface area contributed by atoms with Gasteiger partial charge in [0, 0.05) is 22.7 Å². The molecule has 0 saturated carbocycles. The van der Waals surface area contributed by atoms with Crippen LogP contribution in [0.3, 0.4) is 0 Å². The van der Waals surface area contributed by atoms with E-state index in [1.165, 1.54) is 12.1 Å². The topological polar surface area (TPSA) is 55.1 Å². The van der Waals surface area contributed by atoms with Gasteiger partial charge < -0.3 is 11.1 Å². The smallest absolute Gasteiger partial charge is 0.224 e. The van der Waals surface area contributed by atoms with Gasteiger partial charge in [-0.1, -0.05) is 31.5 Å². The molecule has 1 aromatic rings. The zero-order valence-electron chi connectivity index (χ0n) is 11.3. The number of nitrogens with one attached hydrogen (secondary N) is 1. The quantitative estimate of drug-likeness (QED) is 0.845. The average molecular weight is 287 g/mol. The fraction of sp³-hybridized carbons (Fsp3) is 0.500. The molecular weight excluding hydrogens is 267 g/mol. The predicted molar refractivity (Wildman–Crippen MR) is 75.6 cm³/mol. The summed E-state index contributed by atoms with van der Waals surface area (Å²) in [6.07, 6.45) is 1.46. The number of carbonyl (C=O) groups excluding carboxylic acids is 1. The molecule has 0 aliphatic carbocycles. The molecule has 1 aromatic carbocycles.